The summed E-state index contributed by atoms with van der Waals surface area (Å²) in [7, 11) is 0. The Morgan fingerprint density at radius 2 is 2.08 bits per heavy atom. The summed E-state index contributed by atoms with van der Waals surface area (Å²) >= 11 is 15.6. The molecule has 70 valence electrons. The van der Waals surface area contributed by atoms with E-state index >= 15 is 0 Å². The van der Waals surface area contributed by atoms with Crippen molar-refractivity contribution in [2.45, 2.75) is 0 Å². The predicted molar refractivity (Wildman–Crippen MR) is 46.1 cm³/mol. The number of halogens is 4. The molecule has 0 saturated heterocycles. The fourth-order valence-corrected chi connectivity index (χ4v) is 1.03. The van der Waals surface area contributed by atoms with Crippen LogP contribution in [-0.2, 0) is 0 Å². The summed E-state index contributed by atoms with van der Waals surface area (Å²) in [6.45, 7) is 0. The number of hydrogen-bond donors (Lipinski definition) is 0. The molecule has 0 aromatic carbocycles. The van der Waals surface area contributed by atoms with Crippen LogP contribution >= 0.6 is 34.8 Å². The molecular weight excluding hydrogens is 243 g/mol. The number of nitrogens with zero attached hydrogens (tertiary/aromatic N) is 1. The fraction of sp³-hybridized carbons (Fsp3) is 0. The third kappa shape index (κ3) is 2.69. The number of aromatic nitrogens is 1. The standard InChI is InChI=1S/C6HCl3FNO2/c7-4-2(10)1-3(5(8)11-4)13-6(9)12/h1H. The van der Waals surface area contributed by atoms with Gasteiger partial charge in [0.15, 0.2) is 21.9 Å². The molecular formula is C6HCl3FNO2. The van der Waals surface area contributed by atoms with E-state index in [4.69, 9.17) is 34.8 Å². The molecule has 0 unspecified atom stereocenters. The minimum Gasteiger partial charge on any atom is -0.411 e. The number of pyridine rings is 1. The van der Waals surface area contributed by atoms with Crippen LogP contribution in [0.2, 0.25) is 10.3 Å². The van der Waals surface area contributed by atoms with Gasteiger partial charge in [-0.2, -0.15) is 0 Å². The predicted octanol–water partition coefficient (Wildman–Crippen LogP) is 3.27. The molecule has 1 aromatic rings. The number of ether oxygens (including phenoxy) is 1. The van der Waals surface area contributed by atoms with Crippen LogP contribution in [0.3, 0.4) is 0 Å². The van der Waals surface area contributed by atoms with Crippen LogP contribution in [0, 0.1) is 5.82 Å². The monoisotopic (exact) mass is 243 g/mol. The van der Waals surface area contributed by atoms with E-state index in [1.165, 1.54) is 0 Å². The zero-order valence-electron chi connectivity index (χ0n) is 5.85. The molecule has 0 radical (unpaired) electrons. The van der Waals surface area contributed by atoms with Crippen molar-refractivity contribution < 1.29 is 13.9 Å². The highest BCUT2D eigenvalue weighted by molar-refractivity contribution is 6.61. The van der Waals surface area contributed by atoms with E-state index in [0.29, 0.717) is 0 Å². The lowest BCUT2D eigenvalue weighted by Gasteiger charge is -2.02. The van der Waals surface area contributed by atoms with Gasteiger partial charge in [-0.25, -0.2) is 14.2 Å². The second kappa shape index (κ2) is 4.09. The first-order chi connectivity index (χ1) is 6.00. The van der Waals surface area contributed by atoms with Gasteiger partial charge < -0.3 is 4.74 Å². The van der Waals surface area contributed by atoms with Gasteiger partial charge in [-0.15, -0.1) is 0 Å². The summed E-state index contributed by atoms with van der Waals surface area (Å²) in [6.07, 6.45) is 0. The number of rotatable bonds is 1. The first-order valence-corrected chi connectivity index (χ1v) is 4.03. The van der Waals surface area contributed by atoms with Crippen molar-refractivity contribution in [3.63, 3.8) is 0 Å². The molecule has 0 bridgehead atoms. The summed E-state index contributed by atoms with van der Waals surface area (Å²) in [6, 6.07) is 0.817. The number of carbonyl (C=O) groups is 1. The molecule has 0 spiro atoms. The van der Waals surface area contributed by atoms with Crippen LogP contribution < -0.4 is 4.74 Å². The number of carbonyl (C=O) groups excluding carboxylic acids is 1. The van der Waals surface area contributed by atoms with Gasteiger partial charge in [0.2, 0.25) is 0 Å². The maximum Gasteiger partial charge on any atom is 0.409 e. The topological polar surface area (TPSA) is 39.2 Å². The van der Waals surface area contributed by atoms with Gasteiger partial charge in [0.1, 0.15) is 0 Å². The Kier molecular flexibility index (Phi) is 3.30. The molecule has 7 heteroatoms. The molecule has 0 fully saturated rings. The molecule has 13 heavy (non-hydrogen) atoms. The summed E-state index contributed by atoms with van der Waals surface area (Å²) in [5.41, 5.74) is -1.13. The van der Waals surface area contributed by atoms with E-state index in [2.05, 4.69) is 9.72 Å². The van der Waals surface area contributed by atoms with Crippen LogP contribution in [0.25, 0.3) is 0 Å². The van der Waals surface area contributed by atoms with Crippen LogP contribution in [0.5, 0.6) is 5.75 Å². The highest BCUT2D eigenvalue weighted by atomic mass is 35.5. The Bertz CT molecular complexity index is 358. The summed E-state index contributed by atoms with van der Waals surface area (Å²) in [5, 5.41) is -0.639. The molecule has 0 aliphatic carbocycles. The Hall–Kier alpha value is -0.580. The van der Waals surface area contributed by atoms with Crippen LogP contribution in [0.15, 0.2) is 6.07 Å². The Balaban J connectivity index is 3.08. The normalized spacial score (nSPS) is 9.85. The lowest BCUT2D eigenvalue weighted by molar-refractivity contribution is 0.225. The highest BCUT2D eigenvalue weighted by Gasteiger charge is 2.11. The molecule has 1 aromatic heterocycles. The molecule has 1 rings (SSSR count). The Morgan fingerprint density at radius 1 is 1.46 bits per heavy atom. The van der Waals surface area contributed by atoms with E-state index in [0.717, 1.165) is 6.07 Å². The maximum atomic E-state index is 12.7. The lowest BCUT2D eigenvalue weighted by Crippen LogP contribution is -1.99. The quantitative estimate of drug-likeness (QED) is 0.562. The third-order valence-corrected chi connectivity index (χ3v) is 1.66. The molecule has 0 aliphatic heterocycles. The van der Waals surface area contributed by atoms with Crippen molar-refractivity contribution >= 4 is 40.2 Å². The molecule has 3 nitrogen and oxygen atoms in total. The van der Waals surface area contributed by atoms with Gasteiger partial charge in [0, 0.05) is 17.7 Å². The summed E-state index contributed by atoms with van der Waals surface area (Å²) in [5.74, 6) is -1.12. The van der Waals surface area contributed by atoms with E-state index in [9.17, 15) is 9.18 Å². The average molecular weight is 244 g/mol. The fourth-order valence-electron chi connectivity index (χ4n) is 0.587. The summed E-state index contributed by atoms with van der Waals surface area (Å²) < 4.78 is 17.0. The van der Waals surface area contributed by atoms with Gasteiger partial charge in [-0.1, -0.05) is 23.2 Å². The molecule has 0 saturated carbocycles. The highest BCUT2D eigenvalue weighted by Crippen LogP contribution is 2.27. The minimum atomic E-state index is -1.13. The minimum absolute atomic E-state index is 0.236. The second-order valence-electron chi connectivity index (χ2n) is 1.89. The smallest absolute Gasteiger partial charge is 0.409 e. The zero-order valence-corrected chi connectivity index (χ0v) is 8.12. The van der Waals surface area contributed by atoms with Gasteiger partial charge in [0.05, 0.1) is 0 Å². The van der Waals surface area contributed by atoms with E-state index in [-0.39, 0.29) is 10.9 Å². The maximum absolute atomic E-state index is 12.7. The first kappa shape index (κ1) is 10.5. The lowest BCUT2D eigenvalue weighted by atomic mass is 10.4. The Morgan fingerprint density at radius 3 is 2.62 bits per heavy atom. The van der Waals surface area contributed by atoms with Crippen molar-refractivity contribution in [2.75, 3.05) is 0 Å². The van der Waals surface area contributed by atoms with Crippen molar-refractivity contribution in [3.8, 4) is 5.75 Å². The largest absolute Gasteiger partial charge is 0.411 e. The van der Waals surface area contributed by atoms with Gasteiger partial charge in [-0.05, 0) is 0 Å². The van der Waals surface area contributed by atoms with Gasteiger partial charge in [-0.3, -0.25) is 0 Å². The molecule has 1 heterocycles. The Labute approximate surface area is 87.4 Å². The van der Waals surface area contributed by atoms with Crippen molar-refractivity contribution in [1.29, 1.82) is 0 Å². The van der Waals surface area contributed by atoms with E-state index in [1.54, 1.807) is 0 Å². The SMILES string of the molecule is O=C(Cl)Oc1cc(F)c(Cl)nc1Cl. The van der Waals surface area contributed by atoms with Crippen LogP contribution in [0.1, 0.15) is 0 Å². The molecule has 0 N–H and O–H groups in total. The average Bonchev–Trinajstić information content (AvgIpc) is 1.99. The van der Waals surface area contributed by atoms with Crippen LogP contribution in [0.4, 0.5) is 9.18 Å². The van der Waals surface area contributed by atoms with Crippen LogP contribution in [-0.4, -0.2) is 10.4 Å². The first-order valence-electron chi connectivity index (χ1n) is 2.89. The van der Waals surface area contributed by atoms with Gasteiger partial charge >= 0.3 is 5.43 Å². The van der Waals surface area contributed by atoms with E-state index in [1.807, 2.05) is 0 Å². The molecule has 0 aliphatic rings. The molecule has 0 amide bonds. The van der Waals surface area contributed by atoms with E-state index < -0.39 is 16.4 Å². The van der Waals surface area contributed by atoms with Gasteiger partial charge in [0.25, 0.3) is 0 Å². The zero-order chi connectivity index (χ0) is 10.0. The second-order valence-corrected chi connectivity index (χ2v) is 2.91. The van der Waals surface area contributed by atoms with Crippen molar-refractivity contribution in [2.24, 2.45) is 0 Å². The molecule has 0 atom stereocenters. The third-order valence-electron chi connectivity index (χ3n) is 1.04. The van der Waals surface area contributed by atoms with Crippen molar-refractivity contribution in [3.05, 3.63) is 22.2 Å². The summed E-state index contributed by atoms with van der Waals surface area (Å²) in [4.78, 5) is 13.6. The number of hydrogen-bond acceptors (Lipinski definition) is 3. The van der Waals surface area contributed by atoms with Crippen molar-refractivity contribution in [1.82, 2.24) is 4.98 Å².